The first-order valence-corrected chi connectivity index (χ1v) is 5.52. The molecule has 0 aliphatic carbocycles. The van der Waals surface area contributed by atoms with Crippen LogP contribution >= 0.6 is 0 Å². The first kappa shape index (κ1) is 10.6. The van der Waals surface area contributed by atoms with Gasteiger partial charge in [0.15, 0.2) is 5.82 Å². The molecule has 2 atom stereocenters. The summed E-state index contributed by atoms with van der Waals surface area (Å²) >= 11 is 0. The van der Waals surface area contributed by atoms with Gasteiger partial charge in [0, 0.05) is 18.9 Å². The highest BCUT2D eigenvalue weighted by Crippen LogP contribution is 2.13. The largest absolute Gasteiger partial charge is 0.339 e. The van der Waals surface area contributed by atoms with E-state index in [2.05, 4.69) is 15.5 Å². The standard InChI is InChI=1S/C10H18N4O/c1-7(11)4-9-13-10(15-14-9)5-8-2-3-12-6-8/h7-8,12H,2-6,11H2,1H3. The minimum atomic E-state index is 0.0867. The normalized spacial score (nSPS) is 23.2. The molecule has 0 saturated carbocycles. The molecular weight excluding hydrogens is 192 g/mol. The van der Waals surface area contributed by atoms with Crippen molar-refractivity contribution in [1.29, 1.82) is 0 Å². The lowest BCUT2D eigenvalue weighted by Gasteiger charge is -2.02. The maximum Gasteiger partial charge on any atom is 0.226 e. The third kappa shape index (κ3) is 3.00. The first-order chi connectivity index (χ1) is 7.24. The molecule has 1 fully saturated rings. The quantitative estimate of drug-likeness (QED) is 0.737. The van der Waals surface area contributed by atoms with Gasteiger partial charge >= 0.3 is 0 Å². The van der Waals surface area contributed by atoms with E-state index in [1.807, 2.05) is 6.92 Å². The summed E-state index contributed by atoms with van der Waals surface area (Å²) in [5.74, 6) is 2.12. The van der Waals surface area contributed by atoms with Crippen LogP contribution < -0.4 is 11.1 Å². The van der Waals surface area contributed by atoms with Crippen LogP contribution in [0.5, 0.6) is 0 Å². The zero-order valence-electron chi connectivity index (χ0n) is 9.07. The summed E-state index contributed by atoms with van der Waals surface area (Å²) in [5, 5.41) is 7.23. The fourth-order valence-corrected chi connectivity index (χ4v) is 1.88. The van der Waals surface area contributed by atoms with Crippen molar-refractivity contribution >= 4 is 0 Å². The molecule has 1 aliphatic rings. The molecule has 0 spiro atoms. The van der Waals surface area contributed by atoms with Gasteiger partial charge in [0.05, 0.1) is 0 Å². The van der Waals surface area contributed by atoms with E-state index in [9.17, 15) is 0 Å². The molecule has 2 heterocycles. The Labute approximate surface area is 89.4 Å². The van der Waals surface area contributed by atoms with Crippen molar-refractivity contribution in [1.82, 2.24) is 15.5 Å². The maximum atomic E-state index is 5.67. The maximum absolute atomic E-state index is 5.67. The van der Waals surface area contributed by atoms with Crippen molar-refractivity contribution in [3.8, 4) is 0 Å². The van der Waals surface area contributed by atoms with Crippen LogP contribution in [0.4, 0.5) is 0 Å². The zero-order valence-corrected chi connectivity index (χ0v) is 9.07. The number of aromatic nitrogens is 2. The highest BCUT2D eigenvalue weighted by atomic mass is 16.5. The molecule has 5 heteroatoms. The van der Waals surface area contributed by atoms with Crippen LogP contribution in [0.3, 0.4) is 0 Å². The monoisotopic (exact) mass is 210 g/mol. The van der Waals surface area contributed by atoms with E-state index in [0.29, 0.717) is 12.3 Å². The van der Waals surface area contributed by atoms with Gasteiger partial charge in [-0.2, -0.15) is 4.98 Å². The molecule has 0 amide bonds. The van der Waals surface area contributed by atoms with Gasteiger partial charge in [-0.25, -0.2) is 0 Å². The van der Waals surface area contributed by atoms with Gasteiger partial charge in [-0.15, -0.1) is 0 Å². The van der Waals surface area contributed by atoms with Gasteiger partial charge in [0.1, 0.15) is 0 Å². The van der Waals surface area contributed by atoms with Crippen LogP contribution in [0.2, 0.25) is 0 Å². The van der Waals surface area contributed by atoms with Crippen molar-refractivity contribution in [2.45, 2.75) is 32.2 Å². The molecule has 84 valence electrons. The van der Waals surface area contributed by atoms with Crippen LogP contribution in [0.1, 0.15) is 25.1 Å². The lowest BCUT2D eigenvalue weighted by Crippen LogP contribution is -2.18. The summed E-state index contributed by atoms with van der Waals surface area (Å²) in [6, 6.07) is 0.0867. The number of nitrogens with two attached hydrogens (primary N) is 1. The Morgan fingerprint density at radius 3 is 3.20 bits per heavy atom. The predicted octanol–water partition coefficient (Wildman–Crippen LogP) is 0.111. The fourth-order valence-electron chi connectivity index (χ4n) is 1.88. The second kappa shape index (κ2) is 4.72. The average Bonchev–Trinajstić information content (AvgIpc) is 2.77. The minimum Gasteiger partial charge on any atom is -0.339 e. The van der Waals surface area contributed by atoms with E-state index < -0.39 is 0 Å². The van der Waals surface area contributed by atoms with Crippen LogP contribution in [0, 0.1) is 5.92 Å². The lowest BCUT2D eigenvalue weighted by atomic mass is 10.1. The second-order valence-corrected chi connectivity index (χ2v) is 4.35. The fraction of sp³-hybridized carbons (Fsp3) is 0.800. The van der Waals surface area contributed by atoms with Crippen molar-refractivity contribution in [3.05, 3.63) is 11.7 Å². The van der Waals surface area contributed by atoms with Crippen LogP contribution in [-0.4, -0.2) is 29.3 Å². The van der Waals surface area contributed by atoms with Crippen molar-refractivity contribution in [2.75, 3.05) is 13.1 Å². The summed E-state index contributed by atoms with van der Waals surface area (Å²) in [6.07, 6.45) is 2.77. The third-order valence-corrected chi connectivity index (χ3v) is 2.64. The molecule has 1 aromatic rings. The van der Waals surface area contributed by atoms with E-state index in [0.717, 1.165) is 31.2 Å². The van der Waals surface area contributed by atoms with Gasteiger partial charge in [0.25, 0.3) is 0 Å². The summed E-state index contributed by atoms with van der Waals surface area (Å²) < 4.78 is 5.18. The van der Waals surface area contributed by atoms with E-state index in [4.69, 9.17) is 10.3 Å². The number of nitrogens with zero attached hydrogens (tertiary/aromatic N) is 2. The summed E-state index contributed by atoms with van der Waals surface area (Å²) in [7, 11) is 0. The summed E-state index contributed by atoms with van der Waals surface area (Å²) in [5.41, 5.74) is 5.67. The molecule has 0 radical (unpaired) electrons. The van der Waals surface area contributed by atoms with Gasteiger partial charge in [-0.1, -0.05) is 5.16 Å². The Morgan fingerprint density at radius 1 is 1.67 bits per heavy atom. The molecule has 0 aromatic carbocycles. The SMILES string of the molecule is CC(N)Cc1noc(CC2CCNC2)n1. The highest BCUT2D eigenvalue weighted by Gasteiger charge is 2.18. The minimum absolute atomic E-state index is 0.0867. The van der Waals surface area contributed by atoms with Crippen LogP contribution in [0.25, 0.3) is 0 Å². The van der Waals surface area contributed by atoms with E-state index in [1.165, 1.54) is 6.42 Å². The summed E-state index contributed by atoms with van der Waals surface area (Å²) in [4.78, 5) is 4.33. The van der Waals surface area contributed by atoms with Gasteiger partial charge < -0.3 is 15.6 Å². The summed E-state index contributed by atoms with van der Waals surface area (Å²) in [6.45, 7) is 4.10. The number of nitrogens with one attached hydrogen (secondary N) is 1. The van der Waals surface area contributed by atoms with Gasteiger partial charge in [-0.3, -0.25) is 0 Å². The second-order valence-electron chi connectivity index (χ2n) is 4.35. The molecule has 3 N–H and O–H groups in total. The molecule has 0 bridgehead atoms. The zero-order chi connectivity index (χ0) is 10.7. The van der Waals surface area contributed by atoms with Crippen molar-refractivity contribution in [3.63, 3.8) is 0 Å². The topological polar surface area (TPSA) is 77.0 Å². The van der Waals surface area contributed by atoms with Crippen molar-refractivity contribution in [2.24, 2.45) is 11.7 Å². The molecule has 5 nitrogen and oxygen atoms in total. The Bertz CT molecular complexity index is 304. The average molecular weight is 210 g/mol. The highest BCUT2D eigenvalue weighted by molar-refractivity contribution is 4.91. The number of hydrogen-bond acceptors (Lipinski definition) is 5. The molecular formula is C10H18N4O. The molecule has 1 aliphatic heterocycles. The third-order valence-electron chi connectivity index (χ3n) is 2.64. The molecule has 1 aromatic heterocycles. The Morgan fingerprint density at radius 2 is 2.53 bits per heavy atom. The van der Waals surface area contributed by atoms with E-state index >= 15 is 0 Å². The Kier molecular flexibility index (Phi) is 3.33. The van der Waals surface area contributed by atoms with Gasteiger partial charge in [0.2, 0.25) is 5.89 Å². The molecule has 2 rings (SSSR count). The first-order valence-electron chi connectivity index (χ1n) is 5.52. The molecule has 2 unspecified atom stereocenters. The number of rotatable bonds is 4. The smallest absolute Gasteiger partial charge is 0.226 e. The van der Waals surface area contributed by atoms with E-state index in [1.54, 1.807) is 0 Å². The van der Waals surface area contributed by atoms with Crippen LogP contribution in [0.15, 0.2) is 4.52 Å². The van der Waals surface area contributed by atoms with Crippen LogP contribution in [-0.2, 0) is 12.8 Å². The lowest BCUT2D eigenvalue weighted by molar-refractivity contribution is 0.353. The Hall–Kier alpha value is -0.940. The molecule has 1 saturated heterocycles. The molecule has 15 heavy (non-hydrogen) atoms. The van der Waals surface area contributed by atoms with E-state index in [-0.39, 0.29) is 6.04 Å². The number of hydrogen-bond donors (Lipinski definition) is 2. The predicted molar refractivity (Wildman–Crippen MR) is 56.3 cm³/mol. The van der Waals surface area contributed by atoms with Crippen molar-refractivity contribution < 1.29 is 4.52 Å². The van der Waals surface area contributed by atoms with Gasteiger partial charge in [-0.05, 0) is 32.4 Å². The Balaban J connectivity index is 1.88.